The molecule has 1 unspecified atom stereocenters. The van der Waals surface area contributed by atoms with Crippen molar-refractivity contribution >= 4 is 39.1 Å². The second kappa shape index (κ2) is 6.29. The van der Waals surface area contributed by atoms with E-state index in [1.165, 1.54) is 7.11 Å². The zero-order valence-corrected chi connectivity index (χ0v) is 13.4. The van der Waals surface area contributed by atoms with Crippen molar-refractivity contribution in [2.24, 2.45) is 0 Å². The average Bonchev–Trinajstić information content (AvgIpc) is 2.42. The van der Waals surface area contributed by atoms with Crippen molar-refractivity contribution in [3.63, 3.8) is 0 Å². The predicted octanol–water partition coefficient (Wildman–Crippen LogP) is 5.76. The van der Waals surface area contributed by atoms with Gasteiger partial charge in [0.15, 0.2) is 0 Å². The van der Waals surface area contributed by atoms with Crippen LogP contribution in [0.1, 0.15) is 16.0 Å². The van der Waals surface area contributed by atoms with E-state index in [9.17, 15) is 8.78 Å². The van der Waals surface area contributed by atoms with E-state index in [-0.39, 0.29) is 10.6 Å². The first-order valence-electron chi connectivity index (χ1n) is 5.56. The fourth-order valence-electron chi connectivity index (χ4n) is 1.80. The van der Waals surface area contributed by atoms with Gasteiger partial charge in [0.2, 0.25) is 0 Å². The van der Waals surface area contributed by atoms with Crippen LogP contribution in [0, 0.1) is 11.6 Å². The number of rotatable bonds is 3. The number of benzene rings is 2. The van der Waals surface area contributed by atoms with Crippen LogP contribution in [0.3, 0.4) is 0 Å². The third kappa shape index (κ3) is 3.08. The lowest BCUT2D eigenvalue weighted by Gasteiger charge is -2.16. The molecule has 2 rings (SSSR count). The molecule has 106 valence electrons. The molecule has 0 fully saturated rings. The maximum atomic E-state index is 13.9. The van der Waals surface area contributed by atoms with E-state index in [4.69, 9.17) is 27.9 Å². The molecule has 0 saturated heterocycles. The van der Waals surface area contributed by atoms with Gasteiger partial charge in [0.25, 0.3) is 0 Å². The van der Waals surface area contributed by atoms with Crippen LogP contribution in [0.25, 0.3) is 0 Å². The Kier molecular flexibility index (Phi) is 4.89. The molecule has 0 amide bonds. The quantitative estimate of drug-likeness (QED) is 0.484. The molecule has 0 bridgehead atoms. The van der Waals surface area contributed by atoms with Crippen molar-refractivity contribution in [1.29, 1.82) is 0 Å². The first-order valence-corrected chi connectivity index (χ1v) is 7.23. The van der Waals surface area contributed by atoms with Crippen LogP contribution in [0.2, 0.25) is 10.0 Å². The third-order valence-electron chi connectivity index (χ3n) is 2.78. The van der Waals surface area contributed by atoms with E-state index >= 15 is 0 Å². The first kappa shape index (κ1) is 15.5. The highest BCUT2D eigenvalue weighted by atomic mass is 79.9. The fraction of sp³-hybridized carbons (Fsp3) is 0.143. The van der Waals surface area contributed by atoms with Gasteiger partial charge >= 0.3 is 0 Å². The Morgan fingerprint density at radius 3 is 2.40 bits per heavy atom. The summed E-state index contributed by atoms with van der Waals surface area (Å²) in [6.07, 6.45) is 0. The summed E-state index contributed by atoms with van der Waals surface area (Å²) in [5.41, 5.74) is 0.716. The van der Waals surface area contributed by atoms with Gasteiger partial charge in [0.05, 0.1) is 17.0 Å². The van der Waals surface area contributed by atoms with Crippen LogP contribution < -0.4 is 4.74 Å². The van der Waals surface area contributed by atoms with Gasteiger partial charge in [-0.15, -0.1) is 0 Å². The molecule has 2 aromatic rings. The molecular weight excluding hydrogens is 373 g/mol. The molecule has 0 aliphatic rings. The zero-order chi connectivity index (χ0) is 14.9. The largest absolute Gasteiger partial charge is 0.496 e. The van der Waals surface area contributed by atoms with E-state index in [0.29, 0.717) is 16.3 Å². The number of hydrogen-bond donors (Lipinski definition) is 0. The minimum absolute atomic E-state index is 0.118. The molecule has 0 heterocycles. The summed E-state index contributed by atoms with van der Waals surface area (Å²) >= 11 is 14.8. The van der Waals surface area contributed by atoms with Crippen molar-refractivity contribution < 1.29 is 13.5 Å². The molecule has 0 radical (unpaired) electrons. The first-order chi connectivity index (χ1) is 9.43. The Labute approximate surface area is 133 Å². The number of halogens is 5. The summed E-state index contributed by atoms with van der Waals surface area (Å²) in [5.74, 6) is -0.778. The Balaban J connectivity index is 2.54. The van der Waals surface area contributed by atoms with Gasteiger partial charge in [-0.05, 0) is 30.3 Å². The predicted molar refractivity (Wildman–Crippen MR) is 80.1 cm³/mol. The Hall–Kier alpha value is -0.840. The van der Waals surface area contributed by atoms with Gasteiger partial charge in [-0.25, -0.2) is 8.78 Å². The highest BCUT2D eigenvalue weighted by Gasteiger charge is 2.21. The SMILES string of the molecule is COc1ccc(Cl)cc1C(Br)c1cc(F)c(Cl)cc1F. The smallest absolute Gasteiger partial charge is 0.142 e. The fourth-order valence-corrected chi connectivity index (χ4v) is 2.84. The van der Waals surface area contributed by atoms with Crippen molar-refractivity contribution in [1.82, 2.24) is 0 Å². The average molecular weight is 382 g/mol. The minimum Gasteiger partial charge on any atom is -0.496 e. The van der Waals surface area contributed by atoms with Crippen molar-refractivity contribution in [3.8, 4) is 5.75 Å². The Bertz CT molecular complexity index is 649. The van der Waals surface area contributed by atoms with Crippen LogP contribution in [0.4, 0.5) is 8.78 Å². The lowest BCUT2D eigenvalue weighted by Crippen LogP contribution is -2.01. The van der Waals surface area contributed by atoms with Crippen LogP contribution in [-0.2, 0) is 0 Å². The second-order valence-corrected chi connectivity index (χ2v) is 5.80. The number of hydrogen-bond acceptors (Lipinski definition) is 1. The molecule has 1 atom stereocenters. The van der Waals surface area contributed by atoms with Gasteiger partial charge in [-0.3, -0.25) is 0 Å². The van der Waals surface area contributed by atoms with Gasteiger partial charge in [0.1, 0.15) is 17.4 Å². The summed E-state index contributed by atoms with van der Waals surface area (Å²) in [6, 6.07) is 6.94. The normalized spacial score (nSPS) is 12.3. The van der Waals surface area contributed by atoms with E-state index in [1.54, 1.807) is 18.2 Å². The maximum absolute atomic E-state index is 13.9. The second-order valence-electron chi connectivity index (χ2n) is 4.04. The van der Waals surface area contributed by atoms with Gasteiger partial charge in [-0.1, -0.05) is 39.1 Å². The van der Waals surface area contributed by atoms with Gasteiger partial charge in [-0.2, -0.15) is 0 Å². The molecule has 0 spiro atoms. The van der Waals surface area contributed by atoms with Gasteiger partial charge in [0, 0.05) is 16.1 Å². The van der Waals surface area contributed by atoms with E-state index < -0.39 is 16.5 Å². The Morgan fingerprint density at radius 2 is 1.75 bits per heavy atom. The lowest BCUT2D eigenvalue weighted by molar-refractivity contribution is 0.410. The van der Waals surface area contributed by atoms with Crippen LogP contribution in [0.15, 0.2) is 30.3 Å². The van der Waals surface area contributed by atoms with E-state index in [1.807, 2.05) is 0 Å². The van der Waals surface area contributed by atoms with Crippen molar-refractivity contribution in [3.05, 3.63) is 63.1 Å². The highest BCUT2D eigenvalue weighted by molar-refractivity contribution is 9.09. The van der Waals surface area contributed by atoms with Gasteiger partial charge < -0.3 is 4.74 Å². The highest BCUT2D eigenvalue weighted by Crippen LogP contribution is 2.39. The summed E-state index contributed by atoms with van der Waals surface area (Å²) in [7, 11) is 1.49. The zero-order valence-electron chi connectivity index (χ0n) is 10.3. The Morgan fingerprint density at radius 1 is 1.05 bits per heavy atom. The molecule has 6 heteroatoms. The molecule has 0 aliphatic carbocycles. The number of methoxy groups -OCH3 is 1. The number of ether oxygens (including phenoxy) is 1. The molecule has 1 nitrogen and oxygen atoms in total. The van der Waals surface area contributed by atoms with Crippen LogP contribution >= 0.6 is 39.1 Å². The van der Waals surface area contributed by atoms with Crippen LogP contribution in [0.5, 0.6) is 5.75 Å². The monoisotopic (exact) mass is 380 g/mol. The summed E-state index contributed by atoms with van der Waals surface area (Å²) < 4.78 is 32.7. The summed E-state index contributed by atoms with van der Waals surface area (Å²) in [6.45, 7) is 0. The lowest BCUT2D eigenvalue weighted by atomic mass is 10.0. The van der Waals surface area contributed by atoms with Crippen molar-refractivity contribution in [2.75, 3.05) is 7.11 Å². The molecule has 0 saturated carbocycles. The van der Waals surface area contributed by atoms with Crippen molar-refractivity contribution in [2.45, 2.75) is 4.83 Å². The molecule has 0 N–H and O–H groups in total. The minimum atomic E-state index is -0.687. The molecular formula is C14H9BrCl2F2O. The maximum Gasteiger partial charge on any atom is 0.142 e. The van der Waals surface area contributed by atoms with E-state index in [0.717, 1.165) is 12.1 Å². The van der Waals surface area contributed by atoms with Crippen LogP contribution in [-0.4, -0.2) is 7.11 Å². The number of alkyl halides is 1. The topological polar surface area (TPSA) is 9.23 Å². The standard InChI is InChI=1S/C14H9BrCl2F2O/c1-20-13-3-2-7(16)4-9(13)14(15)8-5-12(19)10(17)6-11(8)18/h2-6,14H,1H3. The third-order valence-corrected chi connectivity index (χ3v) is 4.29. The molecule has 0 aromatic heterocycles. The summed E-state index contributed by atoms with van der Waals surface area (Å²) in [5, 5.41) is 0.212. The molecule has 20 heavy (non-hydrogen) atoms. The molecule has 0 aliphatic heterocycles. The molecule has 2 aromatic carbocycles. The summed E-state index contributed by atoms with van der Waals surface area (Å²) in [4.78, 5) is -0.608. The van der Waals surface area contributed by atoms with E-state index in [2.05, 4.69) is 15.9 Å².